The molecule has 138 valence electrons. The molecule has 0 aliphatic carbocycles. The van der Waals surface area contributed by atoms with Crippen LogP contribution in [-0.2, 0) is 20.7 Å². The number of carbonyl (C=O) groups excluding carboxylic acids is 2. The molecule has 2 aromatic rings. The first-order valence-electron chi connectivity index (χ1n) is 8.09. The Bertz CT molecular complexity index is 715. The Morgan fingerprint density at radius 1 is 1.00 bits per heavy atom. The van der Waals surface area contributed by atoms with Gasteiger partial charge in [-0.15, -0.1) is 0 Å². The highest BCUT2D eigenvalue weighted by atomic mass is 16.7. The van der Waals surface area contributed by atoms with Crippen LogP contribution in [0.4, 0.5) is 0 Å². The zero-order valence-corrected chi connectivity index (χ0v) is 14.8. The molecule has 7 nitrogen and oxygen atoms in total. The maximum absolute atomic E-state index is 12.5. The Labute approximate surface area is 152 Å². The van der Waals surface area contributed by atoms with E-state index in [0.29, 0.717) is 12.0 Å². The number of nitrogens with one attached hydrogen (secondary N) is 2. The minimum Gasteiger partial charge on any atom is -0.352 e. The number of nitrogens with two attached hydrogens (primary N) is 1. The summed E-state index contributed by atoms with van der Waals surface area (Å²) in [6.45, 7) is 0. The molecule has 0 fully saturated rings. The number of amides is 2. The molecule has 0 bridgehead atoms. The van der Waals surface area contributed by atoms with Crippen LogP contribution in [0.2, 0.25) is 0 Å². The van der Waals surface area contributed by atoms with Crippen LogP contribution < -0.4 is 16.6 Å². The molecule has 4 N–H and O–H groups in total. The average Bonchev–Trinajstić information content (AvgIpc) is 2.69. The number of hydrogen-bond donors (Lipinski definition) is 3. The van der Waals surface area contributed by atoms with Gasteiger partial charge in [-0.2, -0.15) is 0 Å². The Hall–Kier alpha value is -2.74. The van der Waals surface area contributed by atoms with Gasteiger partial charge in [0.05, 0.1) is 0 Å². The third kappa shape index (κ3) is 5.13. The smallest absolute Gasteiger partial charge is 0.256 e. The molecule has 1 atom stereocenters. The van der Waals surface area contributed by atoms with Crippen molar-refractivity contribution in [1.29, 1.82) is 0 Å². The van der Waals surface area contributed by atoms with E-state index in [4.69, 9.17) is 15.3 Å². The van der Waals surface area contributed by atoms with Crippen LogP contribution >= 0.6 is 0 Å². The van der Waals surface area contributed by atoms with Gasteiger partial charge < -0.3 is 14.8 Å². The van der Waals surface area contributed by atoms with Crippen molar-refractivity contribution in [3.05, 3.63) is 71.3 Å². The summed E-state index contributed by atoms with van der Waals surface area (Å²) < 4.78 is 10.3. The fraction of sp³-hybridized carbons (Fsp3) is 0.263. The lowest BCUT2D eigenvalue weighted by Crippen LogP contribution is -2.50. The van der Waals surface area contributed by atoms with E-state index < -0.39 is 18.2 Å². The van der Waals surface area contributed by atoms with Crippen molar-refractivity contribution in [1.82, 2.24) is 10.7 Å². The average molecular weight is 357 g/mol. The van der Waals surface area contributed by atoms with Gasteiger partial charge in [0.25, 0.3) is 11.8 Å². The van der Waals surface area contributed by atoms with Gasteiger partial charge in [0.15, 0.2) is 6.29 Å². The first-order valence-corrected chi connectivity index (χ1v) is 8.09. The summed E-state index contributed by atoms with van der Waals surface area (Å²) >= 11 is 0. The molecule has 0 saturated heterocycles. The third-order valence-corrected chi connectivity index (χ3v) is 3.92. The molecule has 0 saturated carbocycles. The predicted octanol–water partition coefficient (Wildman–Crippen LogP) is 1.31. The summed E-state index contributed by atoms with van der Waals surface area (Å²) in [5.41, 5.74) is 4.21. The molecular weight excluding hydrogens is 334 g/mol. The molecule has 7 heteroatoms. The van der Waals surface area contributed by atoms with E-state index >= 15 is 0 Å². The number of hydrogen-bond acceptors (Lipinski definition) is 5. The highest BCUT2D eigenvalue weighted by Gasteiger charge is 2.21. The lowest BCUT2D eigenvalue weighted by Gasteiger charge is -2.18. The van der Waals surface area contributed by atoms with E-state index in [2.05, 4.69) is 10.7 Å². The molecule has 0 heterocycles. The summed E-state index contributed by atoms with van der Waals surface area (Å²) in [5.74, 6) is 4.42. The molecular formula is C19H23N3O4. The summed E-state index contributed by atoms with van der Waals surface area (Å²) in [6, 6.07) is 15.4. The van der Waals surface area contributed by atoms with Gasteiger partial charge in [-0.25, -0.2) is 5.84 Å². The molecule has 0 radical (unpaired) electrons. The number of hydrazine groups is 1. The monoisotopic (exact) mass is 357 g/mol. The summed E-state index contributed by atoms with van der Waals surface area (Å²) in [5, 5.41) is 2.72. The molecule has 26 heavy (non-hydrogen) atoms. The molecule has 2 rings (SSSR count). The fourth-order valence-electron chi connectivity index (χ4n) is 2.56. The zero-order chi connectivity index (χ0) is 18.9. The van der Waals surface area contributed by atoms with E-state index in [1.807, 2.05) is 30.3 Å². The molecule has 0 aromatic heterocycles. The lowest BCUT2D eigenvalue weighted by atomic mass is 10.0. The minimum atomic E-state index is -0.778. The van der Waals surface area contributed by atoms with Gasteiger partial charge in [-0.1, -0.05) is 42.5 Å². The normalized spacial score (nSPS) is 11.8. The van der Waals surface area contributed by atoms with Crippen LogP contribution in [0.25, 0.3) is 0 Å². The Balaban J connectivity index is 2.10. The molecule has 0 aliphatic rings. The van der Waals surface area contributed by atoms with E-state index in [-0.39, 0.29) is 5.91 Å². The third-order valence-electron chi connectivity index (χ3n) is 3.92. The number of benzene rings is 2. The van der Waals surface area contributed by atoms with Crippen molar-refractivity contribution in [2.75, 3.05) is 14.2 Å². The van der Waals surface area contributed by atoms with Gasteiger partial charge in [0.2, 0.25) is 0 Å². The highest BCUT2D eigenvalue weighted by molar-refractivity contribution is 5.97. The zero-order valence-electron chi connectivity index (χ0n) is 14.8. The molecule has 0 unspecified atom stereocenters. The standard InChI is InChI=1S/C19H23N3O4/c1-25-19(26-2)15-10-8-14(9-11-15)17(23)21-16(18(24)22-20)12-13-6-4-3-5-7-13/h3-11,16,19H,12,20H2,1-2H3,(H,21,23)(H,22,24)/t16-/m0/s1. The van der Waals surface area contributed by atoms with Gasteiger partial charge in [-0.3, -0.25) is 15.0 Å². The largest absolute Gasteiger partial charge is 0.352 e. The fourth-order valence-corrected chi connectivity index (χ4v) is 2.56. The van der Waals surface area contributed by atoms with Gasteiger partial charge in [-0.05, 0) is 17.7 Å². The van der Waals surface area contributed by atoms with Crippen LogP contribution in [0.3, 0.4) is 0 Å². The van der Waals surface area contributed by atoms with E-state index in [0.717, 1.165) is 11.1 Å². The van der Waals surface area contributed by atoms with Crippen LogP contribution in [0, 0.1) is 0 Å². The number of ether oxygens (including phenoxy) is 2. The van der Waals surface area contributed by atoms with Gasteiger partial charge in [0, 0.05) is 31.8 Å². The lowest BCUT2D eigenvalue weighted by molar-refractivity contribution is -0.123. The first-order chi connectivity index (χ1) is 12.6. The van der Waals surface area contributed by atoms with E-state index in [1.165, 1.54) is 14.2 Å². The quantitative estimate of drug-likeness (QED) is 0.286. The van der Waals surface area contributed by atoms with Crippen LogP contribution in [0.1, 0.15) is 27.8 Å². The van der Waals surface area contributed by atoms with Crippen molar-refractivity contribution >= 4 is 11.8 Å². The predicted molar refractivity (Wildman–Crippen MR) is 96.9 cm³/mol. The summed E-state index contributed by atoms with van der Waals surface area (Å²) in [4.78, 5) is 24.5. The second-order valence-electron chi connectivity index (χ2n) is 5.65. The number of methoxy groups -OCH3 is 2. The van der Waals surface area contributed by atoms with Crippen molar-refractivity contribution in [2.24, 2.45) is 5.84 Å². The number of carbonyl (C=O) groups is 2. The summed E-state index contributed by atoms with van der Waals surface area (Å²) in [7, 11) is 3.07. The maximum Gasteiger partial charge on any atom is 0.256 e. The Kier molecular flexibility index (Phi) is 7.28. The van der Waals surface area contributed by atoms with E-state index in [9.17, 15) is 9.59 Å². The Morgan fingerprint density at radius 2 is 1.62 bits per heavy atom. The summed E-state index contributed by atoms with van der Waals surface area (Å²) in [6.07, 6.45) is -0.163. The maximum atomic E-state index is 12.5. The molecule has 0 spiro atoms. The highest BCUT2D eigenvalue weighted by Crippen LogP contribution is 2.17. The van der Waals surface area contributed by atoms with Gasteiger partial charge in [0.1, 0.15) is 6.04 Å². The first kappa shape index (κ1) is 19.6. The van der Waals surface area contributed by atoms with Gasteiger partial charge >= 0.3 is 0 Å². The van der Waals surface area contributed by atoms with Crippen LogP contribution in [-0.4, -0.2) is 32.1 Å². The van der Waals surface area contributed by atoms with E-state index in [1.54, 1.807) is 24.3 Å². The van der Waals surface area contributed by atoms with Crippen molar-refractivity contribution < 1.29 is 19.1 Å². The van der Waals surface area contributed by atoms with Crippen LogP contribution in [0.15, 0.2) is 54.6 Å². The molecule has 2 aromatic carbocycles. The van der Waals surface area contributed by atoms with Crippen molar-refractivity contribution in [3.63, 3.8) is 0 Å². The second kappa shape index (κ2) is 9.67. The van der Waals surface area contributed by atoms with Crippen molar-refractivity contribution in [2.45, 2.75) is 18.8 Å². The van der Waals surface area contributed by atoms with Crippen LogP contribution in [0.5, 0.6) is 0 Å². The topological polar surface area (TPSA) is 103 Å². The molecule has 0 aliphatic heterocycles. The minimum absolute atomic E-state index is 0.336. The second-order valence-corrected chi connectivity index (χ2v) is 5.65. The number of rotatable bonds is 8. The SMILES string of the molecule is COC(OC)c1ccc(C(=O)N[C@@H](Cc2ccccc2)C(=O)NN)cc1. The molecule has 2 amide bonds. The Morgan fingerprint density at radius 3 is 2.15 bits per heavy atom. The van der Waals surface area contributed by atoms with Crippen molar-refractivity contribution in [3.8, 4) is 0 Å².